The van der Waals surface area contributed by atoms with Gasteiger partial charge in [-0.15, -0.1) is 4.40 Å². The van der Waals surface area contributed by atoms with E-state index in [1.54, 1.807) is 32.0 Å². The molecule has 0 unspecified atom stereocenters. The van der Waals surface area contributed by atoms with Gasteiger partial charge in [-0.1, -0.05) is 17.7 Å². The van der Waals surface area contributed by atoms with E-state index in [9.17, 15) is 8.42 Å². The summed E-state index contributed by atoms with van der Waals surface area (Å²) in [5.74, 6) is 1.69. The van der Waals surface area contributed by atoms with Crippen LogP contribution in [0.25, 0.3) is 0 Å². The molecule has 0 amide bonds. The van der Waals surface area contributed by atoms with Crippen molar-refractivity contribution in [1.29, 1.82) is 10.7 Å². The normalized spacial score (nSPS) is 17.2. The lowest BCUT2D eigenvalue weighted by molar-refractivity contribution is -0.577. The number of aryl methyl sites for hydroxylation is 1. The Morgan fingerprint density at radius 3 is 2.56 bits per heavy atom. The molecule has 128 valence electrons. The Balaban J connectivity index is 2.53. The molecule has 2 rings (SSSR count). The first-order valence-electron chi connectivity index (χ1n) is 7.29. The van der Waals surface area contributed by atoms with E-state index in [0.717, 1.165) is 5.56 Å². The first-order valence-corrected chi connectivity index (χ1v) is 8.73. The third kappa shape index (κ3) is 4.07. The van der Waals surface area contributed by atoms with Gasteiger partial charge in [0.05, 0.1) is 4.90 Å². The van der Waals surface area contributed by atoms with Gasteiger partial charge in [0.1, 0.15) is 11.6 Å². The third-order valence-electron chi connectivity index (χ3n) is 3.23. The summed E-state index contributed by atoms with van der Waals surface area (Å²) in [5.41, 5.74) is 0.976. The van der Waals surface area contributed by atoms with Crippen molar-refractivity contribution < 1.29 is 18.0 Å². The van der Waals surface area contributed by atoms with Crippen molar-refractivity contribution in [3.05, 3.63) is 47.2 Å². The molecule has 0 saturated heterocycles. The molecule has 8 nitrogen and oxygen atoms in total. The molecule has 9 heteroatoms. The van der Waals surface area contributed by atoms with Crippen LogP contribution < -0.4 is 0 Å². The molecule has 1 aliphatic rings. The van der Waals surface area contributed by atoms with E-state index in [4.69, 9.17) is 15.5 Å². The molecule has 1 aliphatic heterocycles. The highest BCUT2D eigenvalue weighted by molar-refractivity contribution is 7.90. The van der Waals surface area contributed by atoms with Gasteiger partial charge < -0.3 is 0 Å². The summed E-state index contributed by atoms with van der Waals surface area (Å²) >= 11 is 0. The van der Waals surface area contributed by atoms with Crippen LogP contribution in [0.1, 0.15) is 19.4 Å². The van der Waals surface area contributed by atoms with E-state index in [1.165, 1.54) is 22.9 Å². The van der Waals surface area contributed by atoms with Crippen LogP contribution in [-0.4, -0.2) is 30.9 Å². The minimum atomic E-state index is -4.02. The molecule has 0 saturated carbocycles. The van der Waals surface area contributed by atoms with Crippen LogP contribution in [0.4, 0.5) is 0 Å². The SMILES string of the molecule is Cc1ccc(S(=O)(=O)/N=C2\ON=[N+](C(C)C)\C2=C\C(=C=N)C#N)cc1. The van der Waals surface area contributed by atoms with Gasteiger partial charge in [0.15, 0.2) is 6.04 Å². The van der Waals surface area contributed by atoms with Gasteiger partial charge in [-0.25, -0.2) is 0 Å². The summed E-state index contributed by atoms with van der Waals surface area (Å²) in [4.78, 5) is 5.07. The number of allylic oxidation sites excluding steroid dienone is 2. The van der Waals surface area contributed by atoms with Crippen LogP contribution >= 0.6 is 0 Å². The summed E-state index contributed by atoms with van der Waals surface area (Å²) in [5, 5.41) is 19.8. The van der Waals surface area contributed by atoms with E-state index in [-0.39, 0.29) is 28.1 Å². The third-order valence-corrected chi connectivity index (χ3v) is 4.50. The van der Waals surface area contributed by atoms with Crippen molar-refractivity contribution >= 4 is 21.8 Å². The second-order valence-electron chi connectivity index (χ2n) is 5.48. The summed E-state index contributed by atoms with van der Waals surface area (Å²) in [6.07, 6.45) is 1.26. The maximum Gasteiger partial charge on any atom is 0.340 e. The minimum Gasteiger partial charge on any atom is -0.278 e. The molecule has 0 aromatic heterocycles. The van der Waals surface area contributed by atoms with Crippen LogP contribution in [0.5, 0.6) is 0 Å². The topological polar surface area (TPSA) is 119 Å². The Morgan fingerprint density at radius 2 is 2.04 bits per heavy atom. The molecule has 0 radical (unpaired) electrons. The van der Waals surface area contributed by atoms with E-state index in [2.05, 4.69) is 9.68 Å². The van der Waals surface area contributed by atoms with E-state index >= 15 is 0 Å². The van der Waals surface area contributed by atoms with Crippen molar-refractivity contribution in [3.8, 4) is 6.07 Å². The molecule has 0 bridgehead atoms. The maximum atomic E-state index is 12.5. The number of nitrogens with zero attached hydrogens (tertiary/aromatic N) is 4. The molecule has 0 aliphatic carbocycles. The summed E-state index contributed by atoms with van der Waals surface area (Å²) in [6.45, 7) is 5.45. The van der Waals surface area contributed by atoms with Crippen molar-refractivity contribution in [2.75, 3.05) is 0 Å². The van der Waals surface area contributed by atoms with Crippen molar-refractivity contribution in [3.63, 3.8) is 0 Å². The highest BCUT2D eigenvalue weighted by Crippen LogP contribution is 2.21. The highest BCUT2D eigenvalue weighted by Gasteiger charge is 2.37. The molecule has 1 aromatic rings. The fourth-order valence-corrected chi connectivity index (χ4v) is 2.87. The van der Waals surface area contributed by atoms with Crippen LogP contribution in [0.15, 0.2) is 56.2 Å². The van der Waals surface area contributed by atoms with Gasteiger partial charge in [-0.3, -0.25) is 10.2 Å². The Morgan fingerprint density at radius 1 is 1.40 bits per heavy atom. The minimum absolute atomic E-state index is 0.0136. The Labute approximate surface area is 145 Å². The Hall–Kier alpha value is -3.08. The molecule has 0 fully saturated rings. The molecular weight excluding hydrogens is 342 g/mol. The van der Waals surface area contributed by atoms with Crippen molar-refractivity contribution in [2.45, 2.75) is 31.7 Å². The highest BCUT2D eigenvalue weighted by atomic mass is 32.2. The van der Waals surface area contributed by atoms with Crippen LogP contribution in [0, 0.1) is 23.7 Å². The second-order valence-corrected chi connectivity index (χ2v) is 7.08. The van der Waals surface area contributed by atoms with Gasteiger partial charge in [0.25, 0.3) is 10.0 Å². The van der Waals surface area contributed by atoms with Crippen LogP contribution in [-0.2, 0) is 14.9 Å². The predicted octanol–water partition coefficient (Wildman–Crippen LogP) is 2.48. The Kier molecular flexibility index (Phi) is 5.27. The molecular formula is C16H16N5O3S+. The van der Waals surface area contributed by atoms with Crippen molar-refractivity contribution in [1.82, 2.24) is 0 Å². The lowest BCUT2D eigenvalue weighted by Crippen LogP contribution is -2.19. The molecule has 1 heterocycles. The average Bonchev–Trinajstić information content (AvgIpc) is 2.95. The largest absolute Gasteiger partial charge is 0.340 e. The molecule has 1 aromatic carbocycles. The number of hydrogen-bond acceptors (Lipinski definition) is 6. The number of rotatable bonds is 4. The summed E-state index contributed by atoms with van der Waals surface area (Å²) in [7, 11) is -4.02. The quantitative estimate of drug-likeness (QED) is 0.505. The molecule has 0 atom stereocenters. The van der Waals surface area contributed by atoms with E-state index in [0.29, 0.717) is 0 Å². The second kappa shape index (κ2) is 7.21. The maximum absolute atomic E-state index is 12.5. The zero-order valence-corrected chi connectivity index (χ0v) is 14.7. The fourth-order valence-electron chi connectivity index (χ4n) is 1.94. The van der Waals surface area contributed by atoms with Crippen molar-refractivity contribution in [2.24, 2.45) is 9.68 Å². The number of hydrogen-bond donors (Lipinski definition) is 1. The average molecular weight is 358 g/mol. The van der Waals surface area contributed by atoms with Gasteiger partial charge in [-0.2, -0.15) is 13.7 Å². The van der Waals surface area contributed by atoms with Crippen LogP contribution in [0.3, 0.4) is 0 Å². The standard InChI is InChI=1S/C16H16N5O3S/c1-11(2)21-15(8-13(9-17)10-18)16(24-20-21)19-25(22,23)14-6-4-12(3)5-7-14/h4-8,11,17H,1-3H3/q+1/b15-8+,19-16-. The zero-order valence-electron chi connectivity index (χ0n) is 13.9. The predicted molar refractivity (Wildman–Crippen MR) is 89.6 cm³/mol. The fraction of sp³-hybridized carbons (Fsp3) is 0.250. The lowest BCUT2D eigenvalue weighted by Gasteiger charge is -2.00. The number of nitriles is 1. The first-order chi connectivity index (χ1) is 11.8. The number of benzene rings is 1. The molecule has 25 heavy (non-hydrogen) atoms. The number of sulfonamides is 1. The molecule has 0 spiro atoms. The van der Waals surface area contributed by atoms with Gasteiger partial charge >= 0.3 is 11.6 Å². The lowest BCUT2D eigenvalue weighted by atomic mass is 10.2. The van der Waals surface area contributed by atoms with Gasteiger partial charge in [0.2, 0.25) is 5.28 Å². The van der Waals surface area contributed by atoms with Crippen LogP contribution in [0.2, 0.25) is 0 Å². The zero-order chi connectivity index (χ0) is 18.6. The van der Waals surface area contributed by atoms with E-state index in [1.807, 2.05) is 12.8 Å². The Bertz CT molecular complexity index is 974. The smallest absolute Gasteiger partial charge is 0.278 e. The first kappa shape index (κ1) is 18.3. The number of nitrogens with one attached hydrogen (secondary N) is 1. The summed E-state index contributed by atoms with van der Waals surface area (Å²) < 4.78 is 30.0. The van der Waals surface area contributed by atoms with Gasteiger partial charge in [0, 0.05) is 19.9 Å². The monoisotopic (exact) mass is 358 g/mol. The van der Waals surface area contributed by atoms with E-state index < -0.39 is 10.0 Å². The summed E-state index contributed by atoms with van der Waals surface area (Å²) in [6, 6.07) is 7.82. The van der Waals surface area contributed by atoms with Gasteiger partial charge in [-0.05, 0) is 29.6 Å². The molecule has 1 N–H and O–H groups in total.